The molecule has 0 N–H and O–H groups in total. The molecular weight excluding hydrogens is 268 g/mol. The van der Waals surface area contributed by atoms with Crippen molar-refractivity contribution >= 4 is 5.97 Å². The van der Waals surface area contributed by atoms with Gasteiger partial charge >= 0.3 is 5.97 Å². The summed E-state index contributed by atoms with van der Waals surface area (Å²) in [4.78, 5) is 12.4. The average Bonchev–Trinajstić information content (AvgIpc) is 2.54. The fourth-order valence-electron chi connectivity index (χ4n) is 2.12. The molecule has 0 aliphatic rings. The third kappa shape index (κ3) is 3.16. The van der Waals surface area contributed by atoms with Gasteiger partial charge < -0.3 is 14.2 Å². The van der Waals surface area contributed by atoms with Crippen molar-refractivity contribution in [1.29, 1.82) is 0 Å². The smallest absolute Gasteiger partial charge is 0.347 e. The Kier molecular flexibility index (Phi) is 4.82. The van der Waals surface area contributed by atoms with Gasteiger partial charge in [0.15, 0.2) is 11.5 Å². The van der Waals surface area contributed by atoms with Gasteiger partial charge in [0.05, 0.1) is 14.2 Å². The molecule has 0 saturated carbocycles. The molecule has 4 heteroatoms. The Balaban J connectivity index is 2.33. The quantitative estimate of drug-likeness (QED) is 0.623. The van der Waals surface area contributed by atoms with Crippen LogP contribution in [-0.4, -0.2) is 20.2 Å². The van der Waals surface area contributed by atoms with Gasteiger partial charge in [-0.1, -0.05) is 31.2 Å². The molecule has 2 aromatic carbocycles. The second kappa shape index (κ2) is 6.79. The van der Waals surface area contributed by atoms with Crippen LogP contribution >= 0.6 is 0 Å². The van der Waals surface area contributed by atoms with Gasteiger partial charge in [-0.15, -0.1) is 0 Å². The van der Waals surface area contributed by atoms with Crippen molar-refractivity contribution in [2.75, 3.05) is 14.2 Å². The molecule has 0 aliphatic heterocycles. The van der Waals surface area contributed by atoms with E-state index in [9.17, 15) is 4.79 Å². The topological polar surface area (TPSA) is 44.8 Å². The van der Waals surface area contributed by atoms with Crippen molar-refractivity contribution in [3.8, 4) is 17.2 Å². The fraction of sp³-hybridized carbons (Fsp3) is 0.235. The van der Waals surface area contributed by atoms with Crippen LogP contribution < -0.4 is 14.2 Å². The van der Waals surface area contributed by atoms with Gasteiger partial charge in [0.1, 0.15) is 11.3 Å². The number of aryl methyl sites for hydroxylation is 1. The van der Waals surface area contributed by atoms with Crippen molar-refractivity contribution in [3.05, 3.63) is 53.6 Å². The molecule has 0 radical (unpaired) electrons. The van der Waals surface area contributed by atoms with Crippen molar-refractivity contribution in [2.45, 2.75) is 13.3 Å². The molecule has 2 rings (SSSR count). The van der Waals surface area contributed by atoms with Crippen molar-refractivity contribution in [2.24, 2.45) is 0 Å². The van der Waals surface area contributed by atoms with E-state index < -0.39 is 5.97 Å². The van der Waals surface area contributed by atoms with E-state index in [0.717, 1.165) is 12.0 Å². The van der Waals surface area contributed by atoms with E-state index in [-0.39, 0.29) is 0 Å². The lowest BCUT2D eigenvalue weighted by Crippen LogP contribution is -2.11. The summed E-state index contributed by atoms with van der Waals surface area (Å²) in [6.07, 6.45) is 0.777. The second-order valence-corrected chi connectivity index (χ2v) is 4.39. The molecule has 110 valence electrons. The summed E-state index contributed by atoms with van der Waals surface area (Å²) in [7, 11) is 3.08. The standard InChI is InChI=1S/C17H18O4/c1-4-12-8-7-9-13(16(12)20-3)17(18)21-15-11-6-5-10-14(15)19-2/h5-11H,4H2,1-3H3. The van der Waals surface area contributed by atoms with Crippen LogP contribution in [0.25, 0.3) is 0 Å². The van der Waals surface area contributed by atoms with Crippen LogP contribution in [0.1, 0.15) is 22.8 Å². The molecule has 21 heavy (non-hydrogen) atoms. The number of esters is 1. The zero-order valence-corrected chi connectivity index (χ0v) is 12.4. The highest BCUT2D eigenvalue weighted by molar-refractivity contribution is 5.94. The highest BCUT2D eigenvalue weighted by atomic mass is 16.6. The molecule has 0 spiro atoms. The van der Waals surface area contributed by atoms with Gasteiger partial charge in [0.2, 0.25) is 0 Å². The minimum Gasteiger partial charge on any atom is -0.496 e. The Hall–Kier alpha value is -2.49. The lowest BCUT2D eigenvalue weighted by molar-refractivity contribution is 0.0726. The number of hydrogen-bond acceptors (Lipinski definition) is 4. The van der Waals surface area contributed by atoms with Crippen LogP contribution in [0.2, 0.25) is 0 Å². The van der Waals surface area contributed by atoms with Crippen LogP contribution in [0.15, 0.2) is 42.5 Å². The molecule has 0 unspecified atom stereocenters. The van der Waals surface area contributed by atoms with Gasteiger partial charge in [-0.05, 0) is 30.2 Å². The number of carbonyl (C=O) groups excluding carboxylic acids is 1. The van der Waals surface area contributed by atoms with E-state index in [1.807, 2.05) is 25.1 Å². The number of ether oxygens (including phenoxy) is 3. The molecule has 0 aromatic heterocycles. The molecule has 0 heterocycles. The molecule has 4 nitrogen and oxygen atoms in total. The summed E-state index contributed by atoms with van der Waals surface area (Å²) in [5.41, 5.74) is 1.37. The molecule has 0 saturated heterocycles. The lowest BCUT2D eigenvalue weighted by atomic mass is 10.1. The minimum atomic E-state index is -0.466. The van der Waals surface area contributed by atoms with Gasteiger partial charge in [-0.25, -0.2) is 4.79 Å². The first-order valence-corrected chi connectivity index (χ1v) is 6.72. The van der Waals surface area contributed by atoms with Crippen LogP contribution in [-0.2, 0) is 6.42 Å². The Morgan fingerprint density at radius 3 is 2.29 bits per heavy atom. The molecule has 0 amide bonds. The van der Waals surface area contributed by atoms with Crippen LogP contribution in [0.5, 0.6) is 17.2 Å². The molecule has 2 aromatic rings. The third-order valence-corrected chi connectivity index (χ3v) is 3.17. The first-order chi connectivity index (χ1) is 10.2. The zero-order valence-electron chi connectivity index (χ0n) is 12.4. The molecule has 0 bridgehead atoms. The van der Waals surface area contributed by atoms with Gasteiger partial charge in [0, 0.05) is 0 Å². The maximum absolute atomic E-state index is 12.4. The first kappa shape index (κ1) is 14.9. The molecule has 0 atom stereocenters. The fourth-order valence-corrected chi connectivity index (χ4v) is 2.12. The van der Waals surface area contributed by atoms with Crippen molar-refractivity contribution in [3.63, 3.8) is 0 Å². The van der Waals surface area contributed by atoms with Gasteiger partial charge in [-0.2, -0.15) is 0 Å². The van der Waals surface area contributed by atoms with Crippen LogP contribution in [0, 0.1) is 0 Å². The van der Waals surface area contributed by atoms with E-state index in [2.05, 4.69) is 0 Å². The maximum Gasteiger partial charge on any atom is 0.347 e. The summed E-state index contributed by atoms with van der Waals surface area (Å²) in [6, 6.07) is 12.5. The van der Waals surface area contributed by atoms with Crippen LogP contribution in [0.3, 0.4) is 0 Å². The monoisotopic (exact) mass is 286 g/mol. The number of benzene rings is 2. The Morgan fingerprint density at radius 1 is 0.952 bits per heavy atom. The van der Waals surface area contributed by atoms with Crippen molar-refractivity contribution < 1.29 is 19.0 Å². The predicted molar refractivity (Wildman–Crippen MR) is 80.3 cm³/mol. The zero-order chi connectivity index (χ0) is 15.2. The Labute approximate surface area is 124 Å². The highest BCUT2D eigenvalue weighted by Gasteiger charge is 2.18. The number of methoxy groups -OCH3 is 2. The lowest BCUT2D eigenvalue weighted by Gasteiger charge is -2.13. The summed E-state index contributed by atoms with van der Waals surface area (Å²) < 4.78 is 15.9. The maximum atomic E-state index is 12.4. The summed E-state index contributed by atoms with van der Waals surface area (Å²) >= 11 is 0. The van der Waals surface area contributed by atoms with E-state index in [0.29, 0.717) is 22.8 Å². The largest absolute Gasteiger partial charge is 0.496 e. The van der Waals surface area contributed by atoms with E-state index in [1.165, 1.54) is 7.11 Å². The molecule has 0 fully saturated rings. The van der Waals surface area contributed by atoms with E-state index in [4.69, 9.17) is 14.2 Å². The van der Waals surface area contributed by atoms with Gasteiger partial charge in [0.25, 0.3) is 0 Å². The van der Waals surface area contributed by atoms with Gasteiger partial charge in [-0.3, -0.25) is 0 Å². The highest BCUT2D eigenvalue weighted by Crippen LogP contribution is 2.29. The minimum absolute atomic E-state index is 0.383. The second-order valence-electron chi connectivity index (χ2n) is 4.39. The number of hydrogen-bond donors (Lipinski definition) is 0. The SMILES string of the molecule is CCc1cccc(C(=O)Oc2ccccc2OC)c1OC. The number of carbonyl (C=O) groups is 1. The third-order valence-electron chi connectivity index (χ3n) is 3.17. The first-order valence-electron chi connectivity index (χ1n) is 6.72. The molecule has 0 aliphatic carbocycles. The Bertz CT molecular complexity index is 634. The number of para-hydroxylation sites is 3. The number of rotatable bonds is 5. The van der Waals surface area contributed by atoms with E-state index in [1.54, 1.807) is 31.4 Å². The van der Waals surface area contributed by atoms with Crippen LogP contribution in [0.4, 0.5) is 0 Å². The normalized spacial score (nSPS) is 10.0. The summed E-state index contributed by atoms with van der Waals surface area (Å²) in [6.45, 7) is 2.01. The van der Waals surface area contributed by atoms with Crippen molar-refractivity contribution in [1.82, 2.24) is 0 Å². The molecular formula is C17H18O4. The summed E-state index contributed by atoms with van der Waals surface area (Å²) in [5.74, 6) is 0.983. The Morgan fingerprint density at radius 2 is 1.67 bits per heavy atom. The summed E-state index contributed by atoms with van der Waals surface area (Å²) in [5, 5.41) is 0. The van der Waals surface area contributed by atoms with E-state index >= 15 is 0 Å². The average molecular weight is 286 g/mol. The predicted octanol–water partition coefficient (Wildman–Crippen LogP) is 3.49.